The SMILES string of the molecule is O=P(O)(O)C1(c2ccccc2)CCCC(c2ccccc2)O1. The molecule has 2 N–H and O–H groups in total. The highest BCUT2D eigenvalue weighted by Gasteiger charge is 2.52. The number of rotatable bonds is 3. The molecule has 1 aliphatic rings. The van der Waals surface area contributed by atoms with Crippen LogP contribution in [-0.2, 0) is 14.6 Å². The molecule has 2 aromatic rings. The standard InChI is InChI=1S/C17H19O4P/c18-22(19,20)17(15-10-5-2-6-11-15)13-7-12-16(21-17)14-8-3-1-4-9-14/h1-6,8-11,16H,7,12-13H2,(H2,18,19,20). The van der Waals surface area contributed by atoms with Crippen LogP contribution in [0, 0.1) is 0 Å². The Balaban J connectivity index is 2.02. The van der Waals surface area contributed by atoms with Gasteiger partial charge in [-0.2, -0.15) is 0 Å². The summed E-state index contributed by atoms with van der Waals surface area (Å²) in [5, 5.41) is -1.55. The lowest BCUT2D eigenvalue weighted by atomic mass is 9.94. The third-order valence-electron chi connectivity index (χ3n) is 4.19. The van der Waals surface area contributed by atoms with E-state index in [1.165, 1.54) is 0 Å². The number of hydrogen-bond acceptors (Lipinski definition) is 2. The molecule has 0 bridgehead atoms. The topological polar surface area (TPSA) is 66.8 Å². The molecule has 1 aliphatic heterocycles. The van der Waals surface area contributed by atoms with E-state index in [-0.39, 0.29) is 6.10 Å². The molecule has 3 rings (SSSR count). The summed E-state index contributed by atoms with van der Waals surface area (Å²) in [6.07, 6.45) is 1.49. The predicted octanol–water partition coefficient (Wildman–Crippen LogP) is 3.96. The van der Waals surface area contributed by atoms with Crippen molar-refractivity contribution in [3.63, 3.8) is 0 Å². The quantitative estimate of drug-likeness (QED) is 0.841. The average molecular weight is 318 g/mol. The maximum atomic E-state index is 12.3. The van der Waals surface area contributed by atoms with Crippen molar-refractivity contribution in [3.8, 4) is 0 Å². The van der Waals surface area contributed by atoms with Crippen molar-refractivity contribution in [2.45, 2.75) is 30.7 Å². The molecule has 2 unspecified atom stereocenters. The highest BCUT2D eigenvalue weighted by atomic mass is 31.2. The van der Waals surface area contributed by atoms with E-state index < -0.39 is 12.9 Å². The maximum Gasteiger partial charge on any atom is 0.361 e. The van der Waals surface area contributed by atoms with E-state index in [9.17, 15) is 14.4 Å². The normalized spacial score (nSPS) is 25.8. The monoisotopic (exact) mass is 318 g/mol. The molecule has 0 spiro atoms. The molecule has 2 atom stereocenters. The number of hydrogen-bond donors (Lipinski definition) is 2. The van der Waals surface area contributed by atoms with E-state index in [0.717, 1.165) is 12.0 Å². The fraction of sp³-hybridized carbons (Fsp3) is 0.294. The first-order valence-electron chi connectivity index (χ1n) is 7.37. The van der Waals surface area contributed by atoms with Crippen LogP contribution in [0.5, 0.6) is 0 Å². The maximum absolute atomic E-state index is 12.3. The molecule has 22 heavy (non-hydrogen) atoms. The van der Waals surface area contributed by atoms with Crippen LogP contribution in [0.3, 0.4) is 0 Å². The second-order valence-corrected chi connectivity index (χ2v) is 7.41. The minimum Gasteiger partial charge on any atom is -0.350 e. The van der Waals surface area contributed by atoms with Crippen LogP contribution in [0.4, 0.5) is 0 Å². The van der Waals surface area contributed by atoms with Gasteiger partial charge in [0.2, 0.25) is 0 Å². The third-order valence-corrected chi connectivity index (χ3v) is 5.71. The van der Waals surface area contributed by atoms with Gasteiger partial charge in [-0.3, -0.25) is 4.57 Å². The van der Waals surface area contributed by atoms with Crippen LogP contribution in [0.1, 0.15) is 36.5 Å². The molecule has 0 amide bonds. The van der Waals surface area contributed by atoms with E-state index in [1.807, 2.05) is 36.4 Å². The van der Waals surface area contributed by atoms with Gasteiger partial charge in [0.15, 0.2) is 5.34 Å². The van der Waals surface area contributed by atoms with E-state index in [1.54, 1.807) is 24.3 Å². The van der Waals surface area contributed by atoms with Gasteiger partial charge in [0.05, 0.1) is 6.10 Å². The van der Waals surface area contributed by atoms with E-state index in [0.29, 0.717) is 18.4 Å². The zero-order chi connectivity index (χ0) is 15.6. The summed E-state index contributed by atoms with van der Waals surface area (Å²) >= 11 is 0. The van der Waals surface area contributed by atoms with Gasteiger partial charge in [-0.1, -0.05) is 60.7 Å². The van der Waals surface area contributed by atoms with E-state index in [2.05, 4.69) is 0 Å². The van der Waals surface area contributed by atoms with Crippen LogP contribution < -0.4 is 0 Å². The molecular formula is C17H19O4P. The molecule has 2 aromatic carbocycles. The van der Waals surface area contributed by atoms with Gasteiger partial charge in [-0.15, -0.1) is 0 Å². The van der Waals surface area contributed by atoms with Gasteiger partial charge in [0.25, 0.3) is 0 Å². The second-order valence-electron chi connectivity index (χ2n) is 5.60. The molecule has 5 heteroatoms. The second kappa shape index (κ2) is 5.98. The third kappa shape index (κ3) is 2.75. The van der Waals surface area contributed by atoms with Crippen LogP contribution in [0.15, 0.2) is 60.7 Å². The van der Waals surface area contributed by atoms with Gasteiger partial charge in [0.1, 0.15) is 0 Å². The molecule has 0 saturated carbocycles. The molecule has 1 saturated heterocycles. The zero-order valence-electron chi connectivity index (χ0n) is 12.1. The Morgan fingerprint density at radius 2 is 1.59 bits per heavy atom. The summed E-state index contributed by atoms with van der Waals surface area (Å²) in [5.41, 5.74) is 1.50. The van der Waals surface area contributed by atoms with Crippen molar-refractivity contribution in [2.75, 3.05) is 0 Å². The minimum absolute atomic E-state index is 0.303. The van der Waals surface area contributed by atoms with Crippen molar-refractivity contribution >= 4 is 7.60 Å². The van der Waals surface area contributed by atoms with Crippen molar-refractivity contribution < 1.29 is 19.1 Å². The molecule has 4 nitrogen and oxygen atoms in total. The lowest BCUT2D eigenvalue weighted by molar-refractivity contribution is -0.0967. The lowest BCUT2D eigenvalue weighted by Gasteiger charge is -2.41. The lowest BCUT2D eigenvalue weighted by Crippen LogP contribution is -2.35. The summed E-state index contributed by atoms with van der Waals surface area (Å²) in [4.78, 5) is 20.0. The van der Waals surface area contributed by atoms with Gasteiger partial charge < -0.3 is 14.5 Å². The molecule has 0 aromatic heterocycles. The fourth-order valence-corrected chi connectivity index (χ4v) is 4.28. The Labute approximate surface area is 129 Å². The molecule has 1 heterocycles. The minimum atomic E-state index is -4.47. The molecule has 1 fully saturated rings. The Bertz CT molecular complexity index is 668. The van der Waals surface area contributed by atoms with E-state index in [4.69, 9.17) is 4.74 Å². The van der Waals surface area contributed by atoms with Crippen molar-refractivity contribution in [1.82, 2.24) is 0 Å². The Hall–Kier alpha value is -1.45. The molecule has 116 valence electrons. The number of benzene rings is 2. The Morgan fingerprint density at radius 1 is 1.00 bits per heavy atom. The first-order chi connectivity index (χ1) is 10.5. The first kappa shape index (κ1) is 15.4. The Kier molecular flexibility index (Phi) is 4.20. The van der Waals surface area contributed by atoms with Crippen LogP contribution in [0.25, 0.3) is 0 Å². The van der Waals surface area contributed by atoms with Gasteiger partial charge >= 0.3 is 7.60 Å². The van der Waals surface area contributed by atoms with Crippen molar-refractivity contribution in [1.29, 1.82) is 0 Å². The highest BCUT2D eigenvalue weighted by molar-refractivity contribution is 7.52. The van der Waals surface area contributed by atoms with Crippen LogP contribution in [-0.4, -0.2) is 9.79 Å². The average Bonchev–Trinajstić information content (AvgIpc) is 2.55. The first-order valence-corrected chi connectivity index (χ1v) is 8.98. The van der Waals surface area contributed by atoms with Gasteiger partial charge in [-0.05, 0) is 30.4 Å². The molecule has 0 radical (unpaired) electrons. The van der Waals surface area contributed by atoms with Gasteiger partial charge in [-0.25, -0.2) is 0 Å². The van der Waals surface area contributed by atoms with Crippen molar-refractivity contribution in [3.05, 3.63) is 71.8 Å². The Morgan fingerprint density at radius 3 is 2.18 bits per heavy atom. The predicted molar refractivity (Wildman–Crippen MR) is 84.3 cm³/mol. The van der Waals surface area contributed by atoms with Crippen LogP contribution in [0.2, 0.25) is 0 Å². The van der Waals surface area contributed by atoms with Crippen LogP contribution >= 0.6 is 7.60 Å². The van der Waals surface area contributed by atoms with Crippen molar-refractivity contribution in [2.24, 2.45) is 0 Å². The molecular weight excluding hydrogens is 299 g/mol. The summed E-state index contributed by atoms with van der Waals surface area (Å²) in [6, 6.07) is 18.5. The zero-order valence-corrected chi connectivity index (χ0v) is 13.0. The summed E-state index contributed by atoms with van der Waals surface area (Å²) in [7, 11) is -4.47. The fourth-order valence-electron chi connectivity index (χ4n) is 3.08. The highest BCUT2D eigenvalue weighted by Crippen LogP contribution is 2.63. The summed E-state index contributed by atoms with van der Waals surface area (Å²) < 4.78 is 18.3. The number of ether oxygens (including phenoxy) is 1. The van der Waals surface area contributed by atoms with Gasteiger partial charge in [0, 0.05) is 0 Å². The van der Waals surface area contributed by atoms with E-state index >= 15 is 0 Å². The summed E-state index contributed by atoms with van der Waals surface area (Å²) in [6.45, 7) is 0. The molecule has 0 aliphatic carbocycles. The smallest absolute Gasteiger partial charge is 0.350 e. The largest absolute Gasteiger partial charge is 0.361 e. The summed E-state index contributed by atoms with van der Waals surface area (Å²) in [5.74, 6) is 0.